The van der Waals surface area contributed by atoms with Crippen LogP contribution in [0, 0.1) is 5.82 Å². The summed E-state index contributed by atoms with van der Waals surface area (Å²) >= 11 is 5.71. The summed E-state index contributed by atoms with van der Waals surface area (Å²) in [6, 6.07) is 5.15. The third-order valence-electron chi connectivity index (χ3n) is 4.41. The number of halogens is 2. The molecular formula is C15H22ClFN2. The van der Waals surface area contributed by atoms with E-state index in [0.717, 1.165) is 12.1 Å². The van der Waals surface area contributed by atoms with Crippen LogP contribution in [-0.2, 0) is 0 Å². The molecule has 0 saturated heterocycles. The zero-order valence-corrected chi connectivity index (χ0v) is 12.6. The molecule has 1 unspecified atom stereocenters. The van der Waals surface area contributed by atoms with Gasteiger partial charge in [-0.2, -0.15) is 0 Å². The van der Waals surface area contributed by atoms with Crippen LogP contribution in [-0.4, -0.2) is 31.1 Å². The molecule has 0 heterocycles. The molecule has 1 aromatic rings. The predicted octanol–water partition coefficient (Wildman–Crippen LogP) is 3.61. The van der Waals surface area contributed by atoms with Crippen LogP contribution in [0.2, 0.25) is 5.02 Å². The lowest BCUT2D eigenvalue weighted by Crippen LogP contribution is -2.56. The lowest BCUT2D eigenvalue weighted by atomic mass is 9.75. The summed E-state index contributed by atoms with van der Waals surface area (Å²) < 4.78 is 13.5. The molecule has 1 aromatic carbocycles. The molecule has 0 amide bonds. The van der Waals surface area contributed by atoms with E-state index in [1.807, 2.05) is 6.07 Å². The quantitative estimate of drug-likeness (QED) is 0.888. The van der Waals surface area contributed by atoms with E-state index in [2.05, 4.69) is 31.2 Å². The Labute approximate surface area is 119 Å². The van der Waals surface area contributed by atoms with Crippen molar-refractivity contribution in [3.63, 3.8) is 0 Å². The average Bonchev–Trinajstić information content (AvgIpc) is 2.30. The lowest BCUT2D eigenvalue weighted by molar-refractivity contribution is 0.0576. The number of benzene rings is 1. The monoisotopic (exact) mass is 284 g/mol. The van der Waals surface area contributed by atoms with Crippen LogP contribution >= 0.6 is 11.6 Å². The molecule has 1 saturated carbocycles. The Balaban J connectivity index is 1.97. The Hall–Kier alpha value is -0.640. The van der Waals surface area contributed by atoms with E-state index >= 15 is 0 Å². The highest BCUT2D eigenvalue weighted by molar-refractivity contribution is 6.30. The fraction of sp³-hybridized carbons (Fsp3) is 0.600. The van der Waals surface area contributed by atoms with Gasteiger partial charge in [-0.25, -0.2) is 4.39 Å². The molecule has 4 heteroatoms. The first-order valence-corrected chi connectivity index (χ1v) is 7.18. The third-order valence-corrected chi connectivity index (χ3v) is 4.72. The van der Waals surface area contributed by atoms with Crippen LogP contribution in [0.5, 0.6) is 0 Å². The Bertz CT molecular complexity index is 444. The highest BCUT2D eigenvalue weighted by atomic mass is 35.5. The van der Waals surface area contributed by atoms with E-state index in [0.29, 0.717) is 0 Å². The van der Waals surface area contributed by atoms with Gasteiger partial charge in [0.2, 0.25) is 0 Å². The molecule has 1 atom stereocenters. The predicted molar refractivity (Wildman–Crippen MR) is 78.1 cm³/mol. The number of nitrogens with zero attached hydrogens (tertiary/aromatic N) is 1. The van der Waals surface area contributed by atoms with Gasteiger partial charge in [0.15, 0.2) is 0 Å². The van der Waals surface area contributed by atoms with Gasteiger partial charge in [0.05, 0.1) is 5.02 Å². The molecule has 1 fully saturated rings. The Morgan fingerprint density at radius 3 is 2.58 bits per heavy atom. The molecule has 1 aliphatic carbocycles. The van der Waals surface area contributed by atoms with E-state index < -0.39 is 0 Å². The third kappa shape index (κ3) is 3.10. The molecule has 1 N–H and O–H groups in total. The number of hydrogen-bond donors (Lipinski definition) is 1. The van der Waals surface area contributed by atoms with E-state index in [1.165, 1.54) is 25.3 Å². The van der Waals surface area contributed by atoms with Crippen molar-refractivity contribution in [2.24, 2.45) is 0 Å². The van der Waals surface area contributed by atoms with Crippen molar-refractivity contribution in [3.05, 3.63) is 34.6 Å². The van der Waals surface area contributed by atoms with Crippen molar-refractivity contribution in [3.8, 4) is 0 Å². The topological polar surface area (TPSA) is 15.3 Å². The molecule has 0 aromatic heterocycles. The Kier molecular flexibility index (Phi) is 4.49. The van der Waals surface area contributed by atoms with Crippen molar-refractivity contribution in [1.82, 2.24) is 10.2 Å². The molecule has 2 nitrogen and oxygen atoms in total. The van der Waals surface area contributed by atoms with Gasteiger partial charge in [0, 0.05) is 18.1 Å². The first kappa shape index (κ1) is 14.8. The smallest absolute Gasteiger partial charge is 0.142 e. The molecule has 1 aliphatic rings. The second-order valence-electron chi connectivity index (χ2n) is 5.75. The molecule has 0 radical (unpaired) electrons. The van der Waals surface area contributed by atoms with Gasteiger partial charge in [-0.05, 0) is 58.0 Å². The van der Waals surface area contributed by atoms with Crippen LogP contribution in [0.3, 0.4) is 0 Å². The van der Waals surface area contributed by atoms with Gasteiger partial charge >= 0.3 is 0 Å². The fourth-order valence-corrected chi connectivity index (χ4v) is 2.73. The van der Waals surface area contributed by atoms with E-state index in [-0.39, 0.29) is 22.4 Å². The largest absolute Gasteiger partial charge is 0.308 e. The van der Waals surface area contributed by atoms with Crippen LogP contribution in [0.1, 0.15) is 37.8 Å². The number of rotatable bonds is 5. The van der Waals surface area contributed by atoms with Gasteiger partial charge < -0.3 is 10.2 Å². The van der Waals surface area contributed by atoms with E-state index in [4.69, 9.17) is 11.6 Å². The van der Waals surface area contributed by atoms with Crippen molar-refractivity contribution in [2.75, 3.05) is 20.6 Å². The number of nitrogens with one attached hydrogen (secondary N) is 1. The number of likely N-dealkylation sites (N-methyl/N-ethyl adjacent to an activating group) is 1. The summed E-state index contributed by atoms with van der Waals surface area (Å²) in [5.41, 5.74) is 1.22. The van der Waals surface area contributed by atoms with E-state index in [9.17, 15) is 4.39 Å². The minimum absolute atomic E-state index is 0.129. The maximum absolute atomic E-state index is 13.5. The van der Waals surface area contributed by atoms with Crippen LogP contribution in [0.15, 0.2) is 18.2 Å². The van der Waals surface area contributed by atoms with Crippen LogP contribution in [0.25, 0.3) is 0 Å². The summed E-state index contributed by atoms with van der Waals surface area (Å²) in [5.74, 6) is -0.348. The Morgan fingerprint density at radius 2 is 2.11 bits per heavy atom. The average molecular weight is 285 g/mol. The standard InChI is InChI=1S/C15H22ClFN2/c1-11(12-5-6-13(16)14(17)9-12)18-10-15(19(2)3)7-4-8-15/h5-6,9,11,18H,4,7-8,10H2,1-3H3. The molecule has 0 spiro atoms. The van der Waals surface area contributed by atoms with Gasteiger partial charge in [0.1, 0.15) is 5.82 Å². The fourth-order valence-electron chi connectivity index (χ4n) is 2.61. The zero-order chi connectivity index (χ0) is 14.0. The zero-order valence-electron chi connectivity index (χ0n) is 11.8. The molecule has 0 aliphatic heterocycles. The normalized spacial score (nSPS) is 19.3. The van der Waals surface area contributed by atoms with Gasteiger partial charge in [0.25, 0.3) is 0 Å². The van der Waals surface area contributed by atoms with Gasteiger partial charge in [-0.1, -0.05) is 17.7 Å². The maximum Gasteiger partial charge on any atom is 0.142 e. The SMILES string of the molecule is CC(NCC1(N(C)C)CCC1)c1ccc(Cl)c(F)c1. The molecular weight excluding hydrogens is 263 g/mol. The van der Waals surface area contributed by atoms with Crippen LogP contribution < -0.4 is 5.32 Å². The number of hydrogen-bond acceptors (Lipinski definition) is 2. The molecule has 0 bridgehead atoms. The highest BCUT2D eigenvalue weighted by Crippen LogP contribution is 2.36. The van der Waals surface area contributed by atoms with Crippen molar-refractivity contribution in [1.29, 1.82) is 0 Å². The van der Waals surface area contributed by atoms with Crippen molar-refractivity contribution < 1.29 is 4.39 Å². The summed E-state index contributed by atoms with van der Waals surface area (Å²) in [5, 5.41) is 3.70. The molecule has 2 rings (SSSR count). The lowest BCUT2D eigenvalue weighted by Gasteiger charge is -2.48. The summed E-state index contributed by atoms with van der Waals surface area (Å²) in [6.45, 7) is 3.00. The maximum atomic E-state index is 13.5. The Morgan fingerprint density at radius 1 is 1.42 bits per heavy atom. The molecule has 106 valence electrons. The second kappa shape index (κ2) is 5.78. The first-order chi connectivity index (χ1) is 8.94. The minimum Gasteiger partial charge on any atom is -0.308 e. The summed E-state index contributed by atoms with van der Waals surface area (Å²) in [7, 11) is 4.26. The highest BCUT2D eigenvalue weighted by Gasteiger charge is 2.38. The van der Waals surface area contributed by atoms with Crippen LogP contribution in [0.4, 0.5) is 4.39 Å². The van der Waals surface area contributed by atoms with Crippen molar-refractivity contribution >= 4 is 11.6 Å². The van der Waals surface area contributed by atoms with Gasteiger partial charge in [-0.15, -0.1) is 0 Å². The van der Waals surface area contributed by atoms with Gasteiger partial charge in [-0.3, -0.25) is 0 Å². The van der Waals surface area contributed by atoms with Crippen molar-refractivity contribution in [2.45, 2.75) is 37.8 Å². The second-order valence-corrected chi connectivity index (χ2v) is 6.16. The minimum atomic E-state index is -0.348. The van der Waals surface area contributed by atoms with E-state index in [1.54, 1.807) is 6.07 Å². The summed E-state index contributed by atoms with van der Waals surface area (Å²) in [6.07, 6.45) is 3.76. The molecule has 19 heavy (non-hydrogen) atoms. The first-order valence-electron chi connectivity index (χ1n) is 6.80. The summed E-state index contributed by atoms with van der Waals surface area (Å²) in [4.78, 5) is 2.30.